The molecule has 0 aromatic carbocycles. The second kappa shape index (κ2) is 6.02. The van der Waals surface area contributed by atoms with Crippen molar-refractivity contribution in [1.29, 1.82) is 5.26 Å². The molecule has 5 heteroatoms. The van der Waals surface area contributed by atoms with Crippen LogP contribution in [0.3, 0.4) is 0 Å². The van der Waals surface area contributed by atoms with E-state index in [1.165, 1.54) is 12.8 Å². The summed E-state index contributed by atoms with van der Waals surface area (Å²) in [6.07, 6.45) is 9.10. The smallest absolute Gasteiger partial charge is 0.106 e. The Balaban J connectivity index is 1.83. The Hall–Kier alpha value is -0.610. The van der Waals surface area contributed by atoms with Crippen molar-refractivity contribution in [2.75, 3.05) is 0 Å². The normalized spacial score (nSPS) is 18.3. The maximum Gasteiger partial charge on any atom is 0.106 e. The summed E-state index contributed by atoms with van der Waals surface area (Å²) >= 11 is 2.26. The molecule has 0 bridgehead atoms. The first-order valence-corrected chi connectivity index (χ1v) is 7.62. The number of nitrogens with zero attached hydrogens (tertiary/aromatic N) is 3. The van der Waals surface area contributed by atoms with Crippen molar-refractivity contribution < 1.29 is 0 Å². The SMILES string of the molecule is CCC(C#N)(CCCn1cc(I)cn1)NC1CC1. The lowest BCUT2D eigenvalue weighted by Gasteiger charge is -2.26. The van der Waals surface area contributed by atoms with E-state index in [0.29, 0.717) is 6.04 Å². The lowest BCUT2D eigenvalue weighted by Crippen LogP contribution is -2.44. The average Bonchev–Trinajstić information content (AvgIpc) is 3.09. The Labute approximate surface area is 122 Å². The Morgan fingerprint density at radius 1 is 1.67 bits per heavy atom. The van der Waals surface area contributed by atoms with Gasteiger partial charge in [-0.15, -0.1) is 0 Å². The molecule has 0 aliphatic heterocycles. The average molecular weight is 358 g/mol. The minimum absolute atomic E-state index is 0.332. The molecule has 4 nitrogen and oxygen atoms in total. The van der Waals surface area contributed by atoms with Crippen LogP contribution in [0.5, 0.6) is 0 Å². The molecule has 0 radical (unpaired) electrons. The molecule has 1 heterocycles. The third kappa shape index (κ3) is 3.69. The third-order valence-electron chi connectivity index (χ3n) is 3.47. The number of aryl methyl sites for hydroxylation is 1. The summed E-state index contributed by atoms with van der Waals surface area (Å²) in [6, 6.07) is 3.06. The molecule has 2 rings (SSSR count). The number of hydrogen-bond acceptors (Lipinski definition) is 3. The van der Waals surface area contributed by atoms with Gasteiger partial charge in [0.05, 0.1) is 15.8 Å². The quantitative estimate of drug-likeness (QED) is 0.763. The fourth-order valence-corrected chi connectivity index (χ4v) is 2.59. The number of halogens is 1. The second-order valence-corrected chi connectivity index (χ2v) is 6.24. The highest BCUT2D eigenvalue weighted by Gasteiger charge is 2.34. The molecule has 0 amide bonds. The van der Waals surface area contributed by atoms with Crippen molar-refractivity contribution >= 4 is 22.6 Å². The Morgan fingerprint density at radius 3 is 2.94 bits per heavy atom. The summed E-state index contributed by atoms with van der Waals surface area (Å²) in [5, 5.41) is 17.2. The largest absolute Gasteiger partial charge is 0.297 e. The predicted octanol–water partition coefficient (Wildman–Crippen LogP) is 2.69. The molecular weight excluding hydrogens is 339 g/mol. The van der Waals surface area contributed by atoms with E-state index >= 15 is 0 Å². The molecule has 1 unspecified atom stereocenters. The monoisotopic (exact) mass is 358 g/mol. The summed E-state index contributed by atoms with van der Waals surface area (Å²) in [7, 11) is 0. The van der Waals surface area contributed by atoms with Crippen LogP contribution in [-0.4, -0.2) is 21.4 Å². The standard InChI is InChI=1S/C13H19IN4/c1-2-13(10-15,17-12-4-5-12)6-3-7-18-9-11(14)8-16-18/h8-9,12,17H,2-7H2,1H3. The number of rotatable bonds is 7. The summed E-state index contributed by atoms with van der Waals surface area (Å²) in [6.45, 7) is 2.98. The van der Waals surface area contributed by atoms with Crippen LogP contribution in [0, 0.1) is 14.9 Å². The molecule has 0 saturated heterocycles. The highest BCUT2D eigenvalue weighted by atomic mass is 127. The van der Waals surface area contributed by atoms with Crippen molar-refractivity contribution in [2.45, 2.75) is 57.2 Å². The van der Waals surface area contributed by atoms with E-state index < -0.39 is 0 Å². The topological polar surface area (TPSA) is 53.6 Å². The van der Waals surface area contributed by atoms with Crippen LogP contribution >= 0.6 is 22.6 Å². The van der Waals surface area contributed by atoms with Crippen molar-refractivity contribution in [3.05, 3.63) is 16.0 Å². The van der Waals surface area contributed by atoms with Gasteiger partial charge < -0.3 is 0 Å². The molecule has 1 saturated carbocycles. The highest BCUT2D eigenvalue weighted by molar-refractivity contribution is 14.1. The van der Waals surface area contributed by atoms with Crippen LogP contribution in [0.1, 0.15) is 39.0 Å². The molecule has 98 valence electrons. The van der Waals surface area contributed by atoms with E-state index in [-0.39, 0.29) is 5.54 Å². The lowest BCUT2D eigenvalue weighted by molar-refractivity contribution is 0.348. The van der Waals surface area contributed by atoms with Gasteiger partial charge in [-0.1, -0.05) is 6.92 Å². The molecule has 1 aliphatic carbocycles. The fraction of sp³-hybridized carbons (Fsp3) is 0.692. The van der Waals surface area contributed by atoms with E-state index in [1.807, 2.05) is 17.1 Å². The van der Waals surface area contributed by atoms with Gasteiger partial charge in [-0.25, -0.2) is 0 Å². The second-order valence-electron chi connectivity index (χ2n) is 4.99. The van der Waals surface area contributed by atoms with E-state index in [4.69, 9.17) is 0 Å². The fourth-order valence-electron chi connectivity index (χ4n) is 2.14. The van der Waals surface area contributed by atoms with Gasteiger partial charge in [0.1, 0.15) is 5.54 Å². The Morgan fingerprint density at radius 2 is 2.44 bits per heavy atom. The first-order valence-electron chi connectivity index (χ1n) is 6.54. The van der Waals surface area contributed by atoms with Gasteiger partial charge in [0.15, 0.2) is 0 Å². The number of aromatic nitrogens is 2. The summed E-state index contributed by atoms with van der Waals surface area (Å²) in [5.41, 5.74) is -0.332. The van der Waals surface area contributed by atoms with Crippen LogP contribution in [0.25, 0.3) is 0 Å². The van der Waals surface area contributed by atoms with Gasteiger partial charge in [0.25, 0.3) is 0 Å². The first kappa shape index (κ1) is 13.8. The van der Waals surface area contributed by atoms with Gasteiger partial charge in [-0.3, -0.25) is 10.00 Å². The van der Waals surface area contributed by atoms with Crippen molar-refractivity contribution in [2.24, 2.45) is 0 Å². The maximum atomic E-state index is 9.42. The molecule has 1 atom stereocenters. The molecule has 1 aliphatic rings. The van der Waals surface area contributed by atoms with Crippen LogP contribution in [-0.2, 0) is 6.54 Å². The zero-order chi connectivity index (χ0) is 13.0. The lowest BCUT2D eigenvalue weighted by atomic mass is 9.92. The predicted molar refractivity (Wildman–Crippen MR) is 79.0 cm³/mol. The minimum Gasteiger partial charge on any atom is -0.297 e. The summed E-state index contributed by atoms with van der Waals surface area (Å²) < 4.78 is 3.11. The summed E-state index contributed by atoms with van der Waals surface area (Å²) in [4.78, 5) is 0. The first-order chi connectivity index (χ1) is 8.67. The highest BCUT2D eigenvalue weighted by Crippen LogP contribution is 2.26. The van der Waals surface area contributed by atoms with Gasteiger partial charge in [0.2, 0.25) is 0 Å². The van der Waals surface area contributed by atoms with Crippen LogP contribution in [0.15, 0.2) is 12.4 Å². The van der Waals surface area contributed by atoms with Crippen LogP contribution in [0.4, 0.5) is 0 Å². The third-order valence-corrected chi connectivity index (χ3v) is 4.02. The van der Waals surface area contributed by atoms with E-state index in [9.17, 15) is 5.26 Å². The molecule has 1 N–H and O–H groups in total. The maximum absolute atomic E-state index is 9.42. The molecule has 1 fully saturated rings. The minimum atomic E-state index is -0.332. The molecular formula is C13H19IN4. The van der Waals surface area contributed by atoms with Crippen molar-refractivity contribution in [3.63, 3.8) is 0 Å². The van der Waals surface area contributed by atoms with Crippen molar-refractivity contribution in [1.82, 2.24) is 15.1 Å². The number of nitriles is 1. The van der Waals surface area contributed by atoms with Gasteiger partial charge in [0, 0.05) is 18.8 Å². The summed E-state index contributed by atoms with van der Waals surface area (Å²) in [5.74, 6) is 0. The molecule has 1 aromatic heterocycles. The van der Waals surface area contributed by atoms with Crippen LogP contribution in [0.2, 0.25) is 0 Å². The Bertz CT molecular complexity index is 432. The number of hydrogen-bond donors (Lipinski definition) is 1. The van der Waals surface area contributed by atoms with Gasteiger partial charge >= 0.3 is 0 Å². The van der Waals surface area contributed by atoms with E-state index in [0.717, 1.165) is 29.4 Å². The zero-order valence-electron chi connectivity index (χ0n) is 10.7. The Kier molecular flexibility index (Phi) is 4.62. The van der Waals surface area contributed by atoms with Gasteiger partial charge in [-0.2, -0.15) is 10.4 Å². The van der Waals surface area contributed by atoms with Crippen molar-refractivity contribution in [3.8, 4) is 6.07 Å². The zero-order valence-corrected chi connectivity index (χ0v) is 12.9. The van der Waals surface area contributed by atoms with Gasteiger partial charge in [-0.05, 0) is 54.7 Å². The number of nitrogens with one attached hydrogen (secondary N) is 1. The van der Waals surface area contributed by atoms with E-state index in [2.05, 4.69) is 46.0 Å². The molecule has 18 heavy (non-hydrogen) atoms. The molecule has 1 aromatic rings. The van der Waals surface area contributed by atoms with Crippen LogP contribution < -0.4 is 5.32 Å². The van der Waals surface area contributed by atoms with E-state index in [1.54, 1.807) is 0 Å². The molecule has 0 spiro atoms.